The minimum absolute atomic E-state index is 0.201. The maximum Gasteiger partial charge on any atom is 0.419 e. The Labute approximate surface area is 233 Å². The average Bonchev–Trinajstić information content (AvgIpc) is 3.36. The SMILES string of the molecule is CC(C)(C)OC(=O)n1cc(-c2ccc(C(=O)OCc3ccccc3)cc2)c2c(OCc3ccccc3)cccc21. The van der Waals surface area contributed by atoms with Crippen LogP contribution < -0.4 is 4.74 Å². The van der Waals surface area contributed by atoms with E-state index in [0.717, 1.165) is 27.6 Å². The summed E-state index contributed by atoms with van der Waals surface area (Å²) in [4.78, 5) is 25.9. The molecule has 0 saturated carbocycles. The molecule has 0 N–H and O–H groups in total. The monoisotopic (exact) mass is 533 g/mol. The number of nitrogens with zero attached hydrogens (tertiary/aromatic N) is 1. The average molecular weight is 534 g/mol. The zero-order valence-corrected chi connectivity index (χ0v) is 22.8. The van der Waals surface area contributed by atoms with E-state index in [2.05, 4.69) is 0 Å². The molecule has 0 bridgehead atoms. The molecule has 0 aliphatic heterocycles. The number of fused-ring (bicyclic) bond motifs is 1. The molecule has 202 valence electrons. The summed E-state index contributed by atoms with van der Waals surface area (Å²) in [5, 5.41) is 0.781. The number of ether oxygens (including phenoxy) is 3. The zero-order chi connectivity index (χ0) is 28.1. The van der Waals surface area contributed by atoms with Crippen molar-refractivity contribution >= 4 is 23.0 Å². The molecule has 0 amide bonds. The van der Waals surface area contributed by atoms with E-state index >= 15 is 0 Å². The van der Waals surface area contributed by atoms with E-state index in [4.69, 9.17) is 14.2 Å². The van der Waals surface area contributed by atoms with Crippen molar-refractivity contribution in [2.75, 3.05) is 0 Å². The molecule has 1 heterocycles. The zero-order valence-electron chi connectivity index (χ0n) is 22.8. The number of carbonyl (C=O) groups excluding carboxylic acids is 2. The topological polar surface area (TPSA) is 66.8 Å². The molecule has 6 nitrogen and oxygen atoms in total. The molecule has 0 aliphatic carbocycles. The van der Waals surface area contributed by atoms with Crippen LogP contribution >= 0.6 is 0 Å². The van der Waals surface area contributed by atoms with E-state index in [1.54, 1.807) is 18.3 Å². The molecule has 5 aromatic rings. The van der Waals surface area contributed by atoms with Gasteiger partial charge in [-0.15, -0.1) is 0 Å². The smallest absolute Gasteiger partial charge is 0.419 e. The third kappa shape index (κ3) is 6.24. The summed E-state index contributed by atoms with van der Waals surface area (Å²) < 4.78 is 18.9. The van der Waals surface area contributed by atoms with Crippen LogP contribution in [0.1, 0.15) is 42.3 Å². The van der Waals surface area contributed by atoms with Gasteiger partial charge in [0.15, 0.2) is 0 Å². The second-order valence-electron chi connectivity index (χ2n) is 10.5. The fourth-order valence-electron chi connectivity index (χ4n) is 4.38. The standard InChI is InChI=1S/C34H31NO5/c1-34(2,3)40-33(37)35-21-28(31-29(35)15-10-16-30(31)38-22-24-11-6-4-7-12-24)26-17-19-27(20-18-26)32(36)39-23-25-13-8-5-9-14-25/h4-21H,22-23H2,1-3H3. The van der Waals surface area contributed by atoms with Crippen molar-refractivity contribution in [3.63, 3.8) is 0 Å². The van der Waals surface area contributed by atoms with Crippen LogP contribution in [-0.2, 0) is 22.7 Å². The Bertz CT molecular complexity index is 1610. The highest BCUT2D eigenvalue weighted by molar-refractivity contribution is 6.04. The maximum atomic E-state index is 13.2. The van der Waals surface area contributed by atoms with Crippen molar-refractivity contribution in [1.29, 1.82) is 0 Å². The lowest BCUT2D eigenvalue weighted by atomic mass is 10.0. The fourth-order valence-corrected chi connectivity index (χ4v) is 4.38. The van der Waals surface area contributed by atoms with Crippen molar-refractivity contribution < 1.29 is 23.8 Å². The quantitative estimate of drug-likeness (QED) is 0.198. The van der Waals surface area contributed by atoms with E-state index in [0.29, 0.717) is 23.4 Å². The molecule has 0 atom stereocenters. The highest BCUT2D eigenvalue weighted by Crippen LogP contribution is 2.38. The van der Waals surface area contributed by atoms with Gasteiger partial charge >= 0.3 is 12.1 Å². The van der Waals surface area contributed by atoms with Crippen LogP contribution in [0.5, 0.6) is 5.75 Å². The van der Waals surface area contributed by atoms with Gasteiger partial charge in [-0.2, -0.15) is 0 Å². The molecule has 5 rings (SSSR count). The lowest BCUT2D eigenvalue weighted by Crippen LogP contribution is -2.26. The van der Waals surface area contributed by atoms with Gasteiger partial charge in [-0.25, -0.2) is 9.59 Å². The Morgan fingerprint density at radius 3 is 1.98 bits per heavy atom. The van der Waals surface area contributed by atoms with E-state index < -0.39 is 17.7 Å². The fraction of sp³-hybridized carbons (Fsp3) is 0.176. The summed E-state index contributed by atoms with van der Waals surface area (Å²) in [5.41, 5.74) is 4.02. The third-order valence-electron chi connectivity index (χ3n) is 6.26. The van der Waals surface area contributed by atoms with Gasteiger partial charge in [-0.3, -0.25) is 4.57 Å². The predicted molar refractivity (Wildman–Crippen MR) is 155 cm³/mol. The molecule has 0 saturated heterocycles. The second kappa shape index (κ2) is 11.5. The van der Waals surface area contributed by atoms with E-state index in [9.17, 15) is 9.59 Å². The molecule has 0 radical (unpaired) electrons. The molecule has 0 fully saturated rings. The van der Waals surface area contributed by atoms with Crippen molar-refractivity contribution in [3.05, 3.63) is 126 Å². The van der Waals surface area contributed by atoms with Crippen LogP contribution in [0.4, 0.5) is 4.79 Å². The number of esters is 1. The van der Waals surface area contributed by atoms with Gasteiger partial charge < -0.3 is 14.2 Å². The summed E-state index contributed by atoms with van der Waals surface area (Å²) in [6.07, 6.45) is 1.28. The Kier molecular flexibility index (Phi) is 7.69. The van der Waals surface area contributed by atoms with Crippen LogP contribution in [0.2, 0.25) is 0 Å². The first-order chi connectivity index (χ1) is 19.3. The van der Waals surface area contributed by atoms with Gasteiger partial charge in [0, 0.05) is 11.8 Å². The highest BCUT2D eigenvalue weighted by Gasteiger charge is 2.23. The van der Waals surface area contributed by atoms with Crippen molar-refractivity contribution in [1.82, 2.24) is 4.57 Å². The first-order valence-corrected chi connectivity index (χ1v) is 13.1. The molecule has 4 aromatic carbocycles. The normalized spacial score (nSPS) is 11.3. The van der Waals surface area contributed by atoms with Gasteiger partial charge in [-0.1, -0.05) is 78.9 Å². The van der Waals surface area contributed by atoms with Crippen molar-refractivity contribution in [2.24, 2.45) is 0 Å². The molecule has 40 heavy (non-hydrogen) atoms. The van der Waals surface area contributed by atoms with Crippen LogP contribution in [0, 0.1) is 0 Å². The van der Waals surface area contributed by atoms with Crippen LogP contribution in [0.3, 0.4) is 0 Å². The Balaban J connectivity index is 1.48. The van der Waals surface area contributed by atoms with E-state index in [1.807, 2.05) is 112 Å². The number of rotatable bonds is 7. The van der Waals surface area contributed by atoms with Crippen LogP contribution in [0.25, 0.3) is 22.0 Å². The van der Waals surface area contributed by atoms with Crippen LogP contribution in [-0.4, -0.2) is 22.2 Å². The van der Waals surface area contributed by atoms with Crippen LogP contribution in [0.15, 0.2) is 109 Å². The predicted octanol–water partition coefficient (Wildman–Crippen LogP) is 8.03. The number of benzene rings is 4. The van der Waals surface area contributed by atoms with E-state index in [1.165, 1.54) is 4.57 Å². The summed E-state index contributed by atoms with van der Waals surface area (Å²) in [5.74, 6) is 0.239. The molecule has 6 heteroatoms. The summed E-state index contributed by atoms with van der Waals surface area (Å²) >= 11 is 0. The van der Waals surface area contributed by atoms with Gasteiger partial charge in [-0.05, 0) is 61.7 Å². The largest absolute Gasteiger partial charge is 0.488 e. The maximum absolute atomic E-state index is 13.2. The van der Waals surface area contributed by atoms with E-state index in [-0.39, 0.29) is 6.61 Å². The molecule has 1 aromatic heterocycles. The molecular weight excluding hydrogens is 502 g/mol. The van der Waals surface area contributed by atoms with Crippen molar-refractivity contribution in [2.45, 2.75) is 39.6 Å². The minimum atomic E-state index is -0.656. The van der Waals surface area contributed by atoms with Gasteiger partial charge in [0.2, 0.25) is 0 Å². The lowest BCUT2D eigenvalue weighted by molar-refractivity contribution is 0.0471. The highest BCUT2D eigenvalue weighted by atomic mass is 16.6. The Morgan fingerprint density at radius 1 is 0.725 bits per heavy atom. The number of hydrogen-bond acceptors (Lipinski definition) is 5. The minimum Gasteiger partial charge on any atom is -0.488 e. The Hall–Kier alpha value is -4.84. The third-order valence-corrected chi connectivity index (χ3v) is 6.26. The number of carbonyl (C=O) groups is 2. The number of aromatic nitrogens is 1. The van der Waals surface area contributed by atoms with Gasteiger partial charge in [0.1, 0.15) is 24.6 Å². The summed E-state index contributed by atoms with van der Waals surface area (Å²) in [6, 6.07) is 32.2. The summed E-state index contributed by atoms with van der Waals surface area (Å²) in [7, 11) is 0. The molecular formula is C34H31NO5. The first kappa shape index (κ1) is 26.8. The molecule has 0 unspecified atom stereocenters. The van der Waals surface area contributed by atoms with Crippen molar-refractivity contribution in [3.8, 4) is 16.9 Å². The number of hydrogen-bond donors (Lipinski definition) is 0. The lowest BCUT2D eigenvalue weighted by Gasteiger charge is -2.19. The summed E-state index contributed by atoms with van der Waals surface area (Å²) in [6.45, 7) is 6.08. The second-order valence-corrected chi connectivity index (χ2v) is 10.5. The van der Waals surface area contributed by atoms with Gasteiger partial charge in [0.25, 0.3) is 0 Å². The molecule has 0 aliphatic rings. The first-order valence-electron chi connectivity index (χ1n) is 13.1. The molecule has 0 spiro atoms. The van der Waals surface area contributed by atoms with Gasteiger partial charge in [0.05, 0.1) is 16.5 Å². The Morgan fingerprint density at radius 2 is 1.35 bits per heavy atom.